The van der Waals surface area contributed by atoms with Gasteiger partial charge >= 0.3 is 0 Å². The quantitative estimate of drug-likeness (QED) is 0.0722. The van der Waals surface area contributed by atoms with Crippen LogP contribution in [0, 0.1) is 0 Å². The van der Waals surface area contributed by atoms with Crippen LogP contribution in [-0.4, -0.2) is 35.6 Å². The van der Waals surface area contributed by atoms with Crippen molar-refractivity contribution in [2.75, 3.05) is 13.2 Å². The van der Waals surface area contributed by atoms with Crippen molar-refractivity contribution < 1.29 is 14.9 Å². The summed E-state index contributed by atoms with van der Waals surface area (Å²) in [5, 5.41) is 18.9. The number of aliphatic hydroxyl groups is 2. The molecule has 0 bridgehead atoms. The molecule has 0 spiro atoms. The van der Waals surface area contributed by atoms with E-state index < -0.39 is 6.10 Å². The zero-order chi connectivity index (χ0) is 29.9. The average molecular weight is 583 g/mol. The molecule has 0 amide bonds. The molecule has 0 rings (SSSR count). The lowest BCUT2D eigenvalue weighted by Gasteiger charge is -2.19. The van der Waals surface area contributed by atoms with Crippen molar-refractivity contribution in [2.24, 2.45) is 0 Å². The molecule has 0 aromatic carbocycles. The van der Waals surface area contributed by atoms with Crippen LogP contribution in [0.1, 0.15) is 219 Å². The smallest absolute Gasteiger partial charge is 0.100 e. The fourth-order valence-corrected chi connectivity index (χ4v) is 6.10. The molecule has 1 unspecified atom stereocenters. The standard InChI is InChI=1S/C38H78O3/c1-3-5-7-9-11-13-15-17-19-21-23-25-27-29-31-33-38(41-36-37(40)35-39)34-32-30-28-26-24-22-20-18-16-14-12-10-8-6-4-2/h37-40H,3-36H2,1-2H3. The fourth-order valence-electron chi connectivity index (χ4n) is 6.10. The van der Waals surface area contributed by atoms with E-state index in [2.05, 4.69) is 13.8 Å². The van der Waals surface area contributed by atoms with Gasteiger partial charge in [0.15, 0.2) is 0 Å². The Morgan fingerprint density at radius 1 is 0.390 bits per heavy atom. The first-order valence-electron chi connectivity index (χ1n) is 19.1. The topological polar surface area (TPSA) is 49.7 Å². The van der Waals surface area contributed by atoms with Crippen LogP contribution in [0.15, 0.2) is 0 Å². The van der Waals surface area contributed by atoms with Crippen LogP contribution in [0.5, 0.6) is 0 Å². The van der Waals surface area contributed by atoms with E-state index >= 15 is 0 Å². The fraction of sp³-hybridized carbons (Fsp3) is 1.00. The summed E-state index contributed by atoms with van der Waals surface area (Å²) in [6.45, 7) is 4.66. The van der Waals surface area contributed by atoms with Crippen LogP contribution >= 0.6 is 0 Å². The molecule has 248 valence electrons. The van der Waals surface area contributed by atoms with E-state index in [1.54, 1.807) is 0 Å². The average Bonchev–Trinajstić information content (AvgIpc) is 2.99. The van der Waals surface area contributed by atoms with Crippen molar-refractivity contribution in [3.63, 3.8) is 0 Å². The predicted molar refractivity (Wildman–Crippen MR) is 182 cm³/mol. The number of rotatable bonds is 36. The van der Waals surface area contributed by atoms with E-state index in [4.69, 9.17) is 9.84 Å². The zero-order valence-corrected chi connectivity index (χ0v) is 28.5. The number of hydrogen-bond donors (Lipinski definition) is 2. The lowest BCUT2D eigenvalue weighted by molar-refractivity contribution is -0.0350. The lowest BCUT2D eigenvalue weighted by atomic mass is 10.0. The first kappa shape index (κ1) is 40.9. The molecule has 3 nitrogen and oxygen atoms in total. The highest BCUT2D eigenvalue weighted by Gasteiger charge is 2.12. The van der Waals surface area contributed by atoms with Crippen molar-refractivity contribution in [1.82, 2.24) is 0 Å². The van der Waals surface area contributed by atoms with Crippen molar-refractivity contribution in [2.45, 2.75) is 232 Å². The number of hydrogen-bond acceptors (Lipinski definition) is 3. The minimum Gasteiger partial charge on any atom is -0.394 e. The molecule has 0 saturated heterocycles. The lowest BCUT2D eigenvalue weighted by Crippen LogP contribution is -2.24. The molecule has 1 atom stereocenters. The van der Waals surface area contributed by atoms with E-state index in [1.165, 1.54) is 193 Å². The van der Waals surface area contributed by atoms with Crippen molar-refractivity contribution >= 4 is 0 Å². The minimum absolute atomic E-state index is 0.204. The molecule has 0 aliphatic heterocycles. The molecule has 0 saturated carbocycles. The SMILES string of the molecule is CCCCCCCCCCCCCCCCCC(CCCCCCCCCCCCCCCCC)OCC(O)CO. The van der Waals surface area contributed by atoms with Crippen LogP contribution in [-0.2, 0) is 4.74 Å². The summed E-state index contributed by atoms with van der Waals surface area (Å²) < 4.78 is 6.02. The third-order valence-corrected chi connectivity index (χ3v) is 8.99. The molecule has 0 aliphatic rings. The third-order valence-electron chi connectivity index (χ3n) is 8.99. The molecule has 0 aliphatic carbocycles. The third kappa shape index (κ3) is 34.2. The summed E-state index contributed by atoms with van der Waals surface area (Å²) in [6, 6.07) is 0. The monoisotopic (exact) mass is 583 g/mol. The Labute approximate surface area is 259 Å². The summed E-state index contributed by atoms with van der Waals surface area (Å²) in [5.41, 5.74) is 0. The maximum Gasteiger partial charge on any atom is 0.100 e. The maximum absolute atomic E-state index is 9.74. The first-order valence-corrected chi connectivity index (χ1v) is 19.1. The number of unbranched alkanes of at least 4 members (excludes halogenated alkanes) is 28. The molecule has 0 aromatic heterocycles. The summed E-state index contributed by atoms with van der Waals surface area (Å²) >= 11 is 0. The highest BCUT2D eigenvalue weighted by atomic mass is 16.5. The Bertz CT molecular complexity index is 421. The van der Waals surface area contributed by atoms with Gasteiger partial charge in [0.05, 0.1) is 19.3 Å². The molecule has 3 heteroatoms. The van der Waals surface area contributed by atoms with Crippen molar-refractivity contribution in [3.05, 3.63) is 0 Å². The van der Waals surface area contributed by atoms with Gasteiger partial charge in [-0.15, -0.1) is 0 Å². The second-order valence-corrected chi connectivity index (χ2v) is 13.3. The van der Waals surface area contributed by atoms with Gasteiger partial charge in [0.2, 0.25) is 0 Å². The van der Waals surface area contributed by atoms with Gasteiger partial charge < -0.3 is 14.9 Å². The highest BCUT2D eigenvalue weighted by molar-refractivity contribution is 4.62. The van der Waals surface area contributed by atoms with Crippen molar-refractivity contribution in [1.29, 1.82) is 0 Å². The van der Waals surface area contributed by atoms with Gasteiger partial charge in [0, 0.05) is 0 Å². The van der Waals surface area contributed by atoms with E-state index in [0.717, 1.165) is 12.8 Å². The second kappa shape index (κ2) is 36.1. The second-order valence-electron chi connectivity index (χ2n) is 13.3. The summed E-state index contributed by atoms with van der Waals surface area (Å²) in [7, 11) is 0. The molecule has 0 radical (unpaired) electrons. The summed E-state index contributed by atoms with van der Waals surface area (Å²) in [4.78, 5) is 0. The van der Waals surface area contributed by atoms with E-state index in [9.17, 15) is 5.11 Å². The Hall–Kier alpha value is -0.120. The molecule has 0 heterocycles. The van der Waals surface area contributed by atoms with Gasteiger partial charge in [0.25, 0.3) is 0 Å². The van der Waals surface area contributed by atoms with E-state index in [-0.39, 0.29) is 19.3 Å². The molecule has 0 aromatic rings. The van der Waals surface area contributed by atoms with Gasteiger partial charge in [-0.3, -0.25) is 0 Å². The Morgan fingerprint density at radius 3 is 0.878 bits per heavy atom. The summed E-state index contributed by atoms with van der Waals surface area (Å²) in [5.74, 6) is 0. The molecular weight excluding hydrogens is 504 g/mol. The van der Waals surface area contributed by atoms with E-state index in [1.807, 2.05) is 0 Å². The Balaban J connectivity index is 3.64. The van der Waals surface area contributed by atoms with Gasteiger partial charge in [-0.05, 0) is 12.8 Å². The van der Waals surface area contributed by atoms with Gasteiger partial charge in [-0.1, -0.05) is 206 Å². The van der Waals surface area contributed by atoms with Crippen LogP contribution in [0.4, 0.5) is 0 Å². The number of ether oxygens (including phenoxy) is 1. The first-order chi connectivity index (χ1) is 20.2. The zero-order valence-electron chi connectivity index (χ0n) is 28.5. The van der Waals surface area contributed by atoms with Crippen LogP contribution in [0.2, 0.25) is 0 Å². The summed E-state index contributed by atoms with van der Waals surface area (Å²) in [6.07, 6.45) is 43.6. The largest absolute Gasteiger partial charge is 0.394 e. The highest BCUT2D eigenvalue weighted by Crippen LogP contribution is 2.19. The van der Waals surface area contributed by atoms with Gasteiger partial charge in [-0.25, -0.2) is 0 Å². The molecule has 41 heavy (non-hydrogen) atoms. The minimum atomic E-state index is -0.736. The van der Waals surface area contributed by atoms with Gasteiger partial charge in [-0.2, -0.15) is 0 Å². The molecule has 2 N–H and O–H groups in total. The molecule has 0 fully saturated rings. The molecular formula is C38H78O3. The van der Waals surface area contributed by atoms with Gasteiger partial charge in [0.1, 0.15) is 6.10 Å². The predicted octanol–water partition coefficient (Wildman–Crippen LogP) is 12.2. The Kier molecular flexibility index (Phi) is 36.0. The van der Waals surface area contributed by atoms with Crippen LogP contribution in [0.25, 0.3) is 0 Å². The number of aliphatic hydroxyl groups excluding tert-OH is 2. The van der Waals surface area contributed by atoms with E-state index in [0.29, 0.717) is 0 Å². The van der Waals surface area contributed by atoms with Crippen molar-refractivity contribution in [3.8, 4) is 0 Å². The normalized spacial score (nSPS) is 12.5. The van der Waals surface area contributed by atoms with Crippen LogP contribution in [0.3, 0.4) is 0 Å². The van der Waals surface area contributed by atoms with Crippen LogP contribution < -0.4 is 0 Å². The maximum atomic E-state index is 9.74. The Morgan fingerprint density at radius 2 is 0.634 bits per heavy atom.